The molecule has 8 heteroatoms. The molecular formula is C18H25N7O. The van der Waals surface area contributed by atoms with Crippen molar-refractivity contribution in [2.24, 2.45) is 0 Å². The molecular weight excluding hydrogens is 330 g/mol. The quantitative estimate of drug-likeness (QED) is 0.827. The van der Waals surface area contributed by atoms with Gasteiger partial charge in [0, 0.05) is 25.5 Å². The topological polar surface area (TPSA) is 80.0 Å². The van der Waals surface area contributed by atoms with E-state index in [0.717, 1.165) is 25.1 Å². The zero-order chi connectivity index (χ0) is 18.1. The predicted octanol–water partition coefficient (Wildman–Crippen LogP) is 1.49. The number of nitrogens with zero attached hydrogens (tertiary/aromatic N) is 7. The Morgan fingerprint density at radius 3 is 2.81 bits per heavy atom. The first-order chi connectivity index (χ1) is 12.6. The van der Waals surface area contributed by atoms with Gasteiger partial charge in [0.05, 0.1) is 11.6 Å². The third-order valence-electron chi connectivity index (χ3n) is 5.88. The molecule has 2 fully saturated rings. The Labute approximate surface area is 153 Å². The summed E-state index contributed by atoms with van der Waals surface area (Å²) < 4.78 is 2.02. The lowest BCUT2D eigenvalue weighted by Crippen LogP contribution is -2.47. The molecule has 1 aliphatic heterocycles. The fourth-order valence-corrected chi connectivity index (χ4v) is 4.28. The van der Waals surface area contributed by atoms with Gasteiger partial charge in [-0.15, -0.1) is 5.10 Å². The van der Waals surface area contributed by atoms with Crippen LogP contribution in [0.15, 0.2) is 24.5 Å². The van der Waals surface area contributed by atoms with E-state index >= 15 is 0 Å². The Morgan fingerprint density at radius 2 is 2.12 bits per heavy atom. The Kier molecular flexibility index (Phi) is 4.44. The highest BCUT2D eigenvalue weighted by molar-refractivity contribution is 5.94. The van der Waals surface area contributed by atoms with Crippen molar-refractivity contribution in [2.45, 2.75) is 43.7 Å². The molecule has 0 radical (unpaired) electrons. The minimum atomic E-state index is -0.357. The van der Waals surface area contributed by atoms with E-state index in [1.165, 1.54) is 12.8 Å². The van der Waals surface area contributed by atoms with Crippen molar-refractivity contribution >= 4 is 5.91 Å². The van der Waals surface area contributed by atoms with Crippen molar-refractivity contribution in [1.29, 1.82) is 0 Å². The molecule has 0 aromatic carbocycles. The van der Waals surface area contributed by atoms with Crippen molar-refractivity contribution in [2.75, 3.05) is 27.2 Å². The van der Waals surface area contributed by atoms with Crippen LogP contribution in [0.4, 0.5) is 0 Å². The van der Waals surface area contributed by atoms with Crippen LogP contribution in [-0.2, 0) is 5.54 Å². The van der Waals surface area contributed by atoms with Crippen molar-refractivity contribution in [3.8, 4) is 0 Å². The van der Waals surface area contributed by atoms with Gasteiger partial charge in [-0.1, -0.05) is 12.8 Å². The van der Waals surface area contributed by atoms with Gasteiger partial charge < -0.3 is 4.90 Å². The van der Waals surface area contributed by atoms with Gasteiger partial charge in [-0.25, -0.2) is 4.68 Å². The summed E-state index contributed by atoms with van der Waals surface area (Å²) in [6.45, 7) is 1.27. The highest BCUT2D eigenvalue weighted by Crippen LogP contribution is 2.38. The second-order valence-corrected chi connectivity index (χ2v) is 7.53. The summed E-state index contributed by atoms with van der Waals surface area (Å²) in [6.07, 6.45) is 8.83. The molecule has 1 amide bonds. The van der Waals surface area contributed by atoms with E-state index in [2.05, 4.69) is 25.4 Å². The molecule has 1 saturated carbocycles. The van der Waals surface area contributed by atoms with Gasteiger partial charge in [0.1, 0.15) is 5.54 Å². The van der Waals surface area contributed by atoms with Crippen LogP contribution in [0.1, 0.15) is 54.3 Å². The Morgan fingerprint density at radius 1 is 1.31 bits per heavy atom. The number of rotatable bonds is 4. The molecule has 26 heavy (non-hydrogen) atoms. The maximum atomic E-state index is 12.9. The van der Waals surface area contributed by atoms with Crippen molar-refractivity contribution in [3.63, 3.8) is 0 Å². The molecule has 1 saturated heterocycles. The molecule has 0 spiro atoms. The second-order valence-electron chi connectivity index (χ2n) is 7.53. The molecule has 3 heterocycles. The lowest BCUT2D eigenvalue weighted by molar-refractivity contribution is 0.0737. The van der Waals surface area contributed by atoms with E-state index in [0.29, 0.717) is 24.7 Å². The molecule has 138 valence electrons. The van der Waals surface area contributed by atoms with Crippen LogP contribution in [0.3, 0.4) is 0 Å². The average Bonchev–Trinajstić information content (AvgIpc) is 3.40. The zero-order valence-corrected chi connectivity index (χ0v) is 15.4. The molecule has 8 nitrogen and oxygen atoms in total. The third-order valence-corrected chi connectivity index (χ3v) is 5.88. The molecule has 4 rings (SSSR count). The number of carbonyl (C=O) groups excluding carboxylic acids is 1. The number of tetrazole rings is 1. The lowest BCUT2D eigenvalue weighted by atomic mass is 9.95. The largest absolute Gasteiger partial charge is 0.336 e. The van der Waals surface area contributed by atoms with E-state index < -0.39 is 0 Å². The number of hydrogen-bond donors (Lipinski definition) is 0. The number of hydrogen-bond acceptors (Lipinski definition) is 6. The van der Waals surface area contributed by atoms with Crippen LogP contribution < -0.4 is 0 Å². The summed E-state index contributed by atoms with van der Waals surface area (Å²) in [5, 5.41) is 12.7. The summed E-state index contributed by atoms with van der Waals surface area (Å²) in [5.74, 6) is 0.901. The minimum absolute atomic E-state index is 0.0155. The van der Waals surface area contributed by atoms with Crippen LogP contribution >= 0.6 is 0 Å². The van der Waals surface area contributed by atoms with Gasteiger partial charge in [0.15, 0.2) is 5.82 Å². The molecule has 0 N–H and O–H groups in total. The first-order valence-corrected chi connectivity index (χ1v) is 9.27. The number of amides is 1. The second kappa shape index (κ2) is 6.75. The molecule has 0 bridgehead atoms. The predicted molar refractivity (Wildman–Crippen MR) is 95.4 cm³/mol. The third kappa shape index (κ3) is 2.78. The molecule has 1 atom stereocenters. The maximum absolute atomic E-state index is 12.9. The molecule has 2 aromatic rings. The Bertz CT molecular complexity index is 769. The fourth-order valence-electron chi connectivity index (χ4n) is 4.28. The van der Waals surface area contributed by atoms with Crippen LogP contribution in [0, 0.1) is 0 Å². The normalized spacial score (nSPS) is 23.9. The van der Waals surface area contributed by atoms with Crippen LogP contribution in [0.5, 0.6) is 0 Å². The smallest absolute Gasteiger partial charge is 0.255 e. The fraction of sp³-hybridized carbons (Fsp3) is 0.611. The molecule has 1 aliphatic carbocycles. The highest BCUT2D eigenvalue weighted by atomic mass is 16.2. The summed E-state index contributed by atoms with van der Waals surface area (Å²) in [7, 11) is 4.09. The molecule has 2 aromatic heterocycles. The number of likely N-dealkylation sites (tertiary alicyclic amines) is 1. The Hall–Kier alpha value is -2.35. The summed E-state index contributed by atoms with van der Waals surface area (Å²) >= 11 is 0. The van der Waals surface area contributed by atoms with Gasteiger partial charge in [0.25, 0.3) is 5.91 Å². The van der Waals surface area contributed by atoms with E-state index in [9.17, 15) is 4.79 Å². The summed E-state index contributed by atoms with van der Waals surface area (Å²) in [4.78, 5) is 21.0. The van der Waals surface area contributed by atoms with Crippen molar-refractivity contribution in [1.82, 2.24) is 35.0 Å². The van der Waals surface area contributed by atoms with Crippen LogP contribution in [0.25, 0.3) is 0 Å². The van der Waals surface area contributed by atoms with E-state index in [1.54, 1.807) is 18.5 Å². The van der Waals surface area contributed by atoms with Gasteiger partial charge in [-0.05, 0) is 55.9 Å². The maximum Gasteiger partial charge on any atom is 0.255 e. The highest BCUT2D eigenvalue weighted by Gasteiger charge is 2.48. The SMILES string of the molecule is CN(C)C1(c2nnnn2C2CCCC2)CCN(C(=O)c2cccnc2)C1. The van der Waals surface area contributed by atoms with Gasteiger partial charge >= 0.3 is 0 Å². The number of likely N-dealkylation sites (N-methyl/N-ethyl adjacent to an activating group) is 1. The summed E-state index contributed by atoms with van der Waals surface area (Å²) in [6, 6.07) is 3.98. The van der Waals surface area contributed by atoms with E-state index in [1.807, 2.05) is 29.7 Å². The summed E-state index contributed by atoms with van der Waals surface area (Å²) in [5.41, 5.74) is 0.265. The van der Waals surface area contributed by atoms with Crippen molar-refractivity contribution < 1.29 is 4.79 Å². The van der Waals surface area contributed by atoms with Crippen LogP contribution in [-0.4, -0.2) is 68.1 Å². The monoisotopic (exact) mass is 355 g/mol. The van der Waals surface area contributed by atoms with Crippen LogP contribution in [0.2, 0.25) is 0 Å². The van der Waals surface area contributed by atoms with E-state index in [4.69, 9.17) is 0 Å². The van der Waals surface area contributed by atoms with Gasteiger partial charge in [-0.3, -0.25) is 14.7 Å². The average molecular weight is 355 g/mol. The first-order valence-electron chi connectivity index (χ1n) is 9.27. The lowest BCUT2D eigenvalue weighted by Gasteiger charge is -2.35. The molecule has 1 unspecified atom stereocenters. The zero-order valence-electron chi connectivity index (χ0n) is 15.4. The minimum Gasteiger partial charge on any atom is -0.336 e. The molecule has 2 aliphatic rings. The Balaban J connectivity index is 1.63. The number of pyridine rings is 1. The standard InChI is InChI=1S/C18H25N7O/c1-23(2)18(17-20-21-22-25(17)15-7-3-4-8-15)9-11-24(13-18)16(26)14-6-5-10-19-12-14/h5-6,10,12,15H,3-4,7-9,11,13H2,1-2H3. The van der Waals surface area contributed by atoms with E-state index in [-0.39, 0.29) is 11.4 Å². The van der Waals surface area contributed by atoms with Gasteiger partial charge in [0.2, 0.25) is 0 Å². The van der Waals surface area contributed by atoms with Gasteiger partial charge in [-0.2, -0.15) is 0 Å². The number of aromatic nitrogens is 5. The van der Waals surface area contributed by atoms with Crippen molar-refractivity contribution in [3.05, 3.63) is 35.9 Å². The first kappa shape index (κ1) is 17.1. The number of carbonyl (C=O) groups is 1.